The van der Waals surface area contributed by atoms with Crippen molar-refractivity contribution in [3.63, 3.8) is 0 Å². The minimum Gasteiger partial charge on any atom is -0.367 e. The minimum absolute atomic E-state index is 0.0689. The average Bonchev–Trinajstić information content (AvgIpc) is 2.45. The van der Waals surface area contributed by atoms with Gasteiger partial charge < -0.3 is 4.18 Å². The largest absolute Gasteiger partial charge is 0.411 e. The van der Waals surface area contributed by atoms with Crippen molar-refractivity contribution in [2.24, 2.45) is 0 Å². The molecule has 0 spiro atoms. The Morgan fingerprint density at radius 2 is 1.72 bits per heavy atom. The Balaban J connectivity index is 2.02. The molecule has 2 amide bonds. The summed E-state index contributed by atoms with van der Waals surface area (Å²) in [6.45, 7) is 3.37. The van der Waals surface area contributed by atoms with Gasteiger partial charge in [-0.05, 0) is 32.0 Å². The third kappa shape index (κ3) is 5.39. The second-order valence-corrected chi connectivity index (χ2v) is 6.10. The van der Waals surface area contributed by atoms with Gasteiger partial charge in [0.15, 0.2) is 0 Å². The lowest BCUT2D eigenvalue weighted by molar-refractivity contribution is -0.384. The summed E-state index contributed by atoms with van der Waals surface area (Å²) in [6, 6.07) is 4.86. The van der Waals surface area contributed by atoms with Crippen molar-refractivity contribution in [2.45, 2.75) is 13.8 Å². The molecule has 0 bridgehead atoms. The average molecular weight is 367 g/mol. The number of nitro benzene ring substituents is 1. The summed E-state index contributed by atoms with van der Waals surface area (Å²) in [4.78, 5) is 29.5. The predicted octanol–water partition coefficient (Wildman–Crippen LogP) is 1.45. The van der Waals surface area contributed by atoms with E-state index in [1.54, 1.807) is 24.6 Å². The van der Waals surface area contributed by atoms with E-state index in [2.05, 4.69) is 19.5 Å². The van der Waals surface area contributed by atoms with Crippen LogP contribution >= 0.6 is 0 Å². The summed E-state index contributed by atoms with van der Waals surface area (Å²) >= 11 is 0. The van der Waals surface area contributed by atoms with Crippen LogP contribution in [0, 0.1) is 24.0 Å². The number of rotatable bonds is 5. The molecule has 2 N–H and O–H groups in total. The zero-order valence-electron chi connectivity index (χ0n) is 13.1. The molecule has 2 aromatic rings. The summed E-state index contributed by atoms with van der Waals surface area (Å²) in [6.07, 6.45) is 0. The molecule has 0 fully saturated rings. The number of nitrogens with one attached hydrogen (secondary N) is 2. The monoisotopic (exact) mass is 367 g/mol. The topological polar surface area (TPSA) is 153 Å². The van der Waals surface area contributed by atoms with E-state index in [1.807, 2.05) is 0 Å². The molecule has 132 valence electrons. The van der Waals surface area contributed by atoms with Crippen molar-refractivity contribution in [3.8, 4) is 5.75 Å². The molecule has 0 aliphatic heterocycles. The molecule has 0 radical (unpaired) electrons. The molecule has 25 heavy (non-hydrogen) atoms. The van der Waals surface area contributed by atoms with Crippen LogP contribution in [-0.4, -0.2) is 29.3 Å². The van der Waals surface area contributed by atoms with Gasteiger partial charge in [-0.2, -0.15) is 8.42 Å². The lowest BCUT2D eigenvalue weighted by Crippen LogP contribution is -2.37. The van der Waals surface area contributed by atoms with Gasteiger partial charge in [0.2, 0.25) is 5.95 Å². The van der Waals surface area contributed by atoms with Gasteiger partial charge >= 0.3 is 16.3 Å². The van der Waals surface area contributed by atoms with Gasteiger partial charge in [0, 0.05) is 23.5 Å². The van der Waals surface area contributed by atoms with E-state index in [-0.39, 0.29) is 17.4 Å². The lowest BCUT2D eigenvalue weighted by atomic mass is 10.3. The molecule has 1 aromatic carbocycles. The maximum absolute atomic E-state index is 11.8. The van der Waals surface area contributed by atoms with E-state index in [0.29, 0.717) is 11.4 Å². The molecule has 0 saturated carbocycles. The van der Waals surface area contributed by atoms with Crippen LogP contribution in [0.25, 0.3) is 0 Å². The summed E-state index contributed by atoms with van der Waals surface area (Å²) < 4.78 is 29.8. The third-order valence-electron chi connectivity index (χ3n) is 2.68. The van der Waals surface area contributed by atoms with E-state index in [4.69, 9.17) is 0 Å². The number of nitrogens with zero attached hydrogens (tertiary/aromatic N) is 3. The van der Waals surface area contributed by atoms with Crippen LogP contribution in [0.15, 0.2) is 30.3 Å². The first kappa shape index (κ1) is 18.1. The normalized spacial score (nSPS) is 10.8. The Bertz CT molecular complexity index is 893. The Kier molecular flexibility index (Phi) is 5.12. The first-order valence-corrected chi connectivity index (χ1v) is 8.15. The SMILES string of the molecule is Cc1cc(C)nc(NC(=O)NS(=O)(=O)Oc2ccc([N+](=O)[O-])cc2)n1. The van der Waals surface area contributed by atoms with Crippen LogP contribution < -0.4 is 14.2 Å². The number of non-ortho nitro benzene ring substituents is 1. The van der Waals surface area contributed by atoms with Crippen LogP contribution in [0.1, 0.15) is 11.4 Å². The Hall–Kier alpha value is -3.28. The van der Waals surface area contributed by atoms with Crippen molar-refractivity contribution >= 4 is 28.0 Å². The van der Waals surface area contributed by atoms with Crippen molar-refractivity contribution < 1.29 is 22.3 Å². The first-order valence-electron chi connectivity index (χ1n) is 6.74. The highest BCUT2D eigenvalue weighted by molar-refractivity contribution is 7.85. The quantitative estimate of drug-likeness (QED) is 0.594. The highest BCUT2D eigenvalue weighted by Gasteiger charge is 2.18. The lowest BCUT2D eigenvalue weighted by Gasteiger charge is -2.09. The van der Waals surface area contributed by atoms with Crippen molar-refractivity contribution in [3.05, 3.63) is 51.8 Å². The number of nitro groups is 1. The Labute approximate surface area is 142 Å². The van der Waals surface area contributed by atoms with Crippen LogP contribution in [0.2, 0.25) is 0 Å². The number of hydrogen-bond acceptors (Lipinski definition) is 8. The van der Waals surface area contributed by atoms with Gasteiger partial charge in [0.25, 0.3) is 5.69 Å². The van der Waals surface area contributed by atoms with E-state index < -0.39 is 21.3 Å². The zero-order valence-corrected chi connectivity index (χ0v) is 13.9. The summed E-state index contributed by atoms with van der Waals surface area (Å²) in [5.74, 6) is -0.269. The Morgan fingerprint density at radius 3 is 2.24 bits per heavy atom. The maximum Gasteiger partial charge on any atom is 0.411 e. The third-order valence-corrected chi connectivity index (χ3v) is 3.53. The number of anilines is 1. The van der Waals surface area contributed by atoms with Gasteiger partial charge in [-0.1, -0.05) is 0 Å². The molecule has 2 rings (SSSR count). The molecular formula is C13H13N5O6S. The molecule has 0 unspecified atom stereocenters. The van der Waals surface area contributed by atoms with Gasteiger partial charge in [-0.15, -0.1) is 0 Å². The molecule has 12 heteroatoms. The number of benzene rings is 1. The summed E-state index contributed by atoms with van der Waals surface area (Å²) in [5.41, 5.74) is 0.947. The molecule has 0 aliphatic rings. The number of aryl methyl sites for hydroxylation is 2. The minimum atomic E-state index is -4.49. The number of carbonyl (C=O) groups excluding carboxylic acids is 1. The van der Waals surface area contributed by atoms with Gasteiger partial charge in [0.05, 0.1) is 4.92 Å². The van der Waals surface area contributed by atoms with E-state index >= 15 is 0 Å². The fourth-order valence-electron chi connectivity index (χ4n) is 1.79. The van der Waals surface area contributed by atoms with Crippen LogP contribution in [0.4, 0.5) is 16.4 Å². The number of hydrogen-bond donors (Lipinski definition) is 2. The highest BCUT2D eigenvalue weighted by Crippen LogP contribution is 2.18. The van der Waals surface area contributed by atoms with Crippen molar-refractivity contribution in [1.82, 2.24) is 14.7 Å². The molecule has 11 nitrogen and oxygen atoms in total. The number of aromatic nitrogens is 2. The number of urea groups is 1. The molecular weight excluding hydrogens is 354 g/mol. The van der Waals surface area contributed by atoms with Crippen molar-refractivity contribution in [2.75, 3.05) is 5.32 Å². The first-order chi connectivity index (χ1) is 11.6. The molecule has 0 aliphatic carbocycles. The van der Waals surface area contributed by atoms with E-state index in [0.717, 1.165) is 24.3 Å². The summed E-state index contributed by atoms with van der Waals surface area (Å²) in [5, 5.41) is 12.7. The standard InChI is InChI=1S/C13H13N5O6S/c1-8-7-9(2)15-12(14-8)16-13(19)17-25(22,23)24-11-5-3-10(4-6-11)18(20)21/h3-7H,1-2H3,(H2,14,15,16,17,19). The van der Waals surface area contributed by atoms with E-state index in [9.17, 15) is 23.3 Å². The number of carbonyl (C=O) groups is 1. The predicted molar refractivity (Wildman–Crippen MR) is 86.3 cm³/mol. The summed E-state index contributed by atoms with van der Waals surface area (Å²) in [7, 11) is -4.49. The van der Waals surface area contributed by atoms with Gasteiger partial charge in [-0.25, -0.2) is 19.5 Å². The second kappa shape index (κ2) is 7.09. The molecule has 0 atom stereocenters. The fraction of sp³-hybridized carbons (Fsp3) is 0.154. The fourth-order valence-corrected chi connectivity index (χ4v) is 2.48. The van der Waals surface area contributed by atoms with Crippen molar-refractivity contribution in [1.29, 1.82) is 0 Å². The number of amides is 2. The van der Waals surface area contributed by atoms with Crippen LogP contribution in [-0.2, 0) is 10.3 Å². The Morgan fingerprint density at radius 1 is 1.16 bits per heavy atom. The van der Waals surface area contributed by atoms with E-state index in [1.165, 1.54) is 0 Å². The molecule has 0 saturated heterocycles. The highest BCUT2D eigenvalue weighted by atomic mass is 32.2. The van der Waals surface area contributed by atoms with Gasteiger partial charge in [-0.3, -0.25) is 15.4 Å². The molecule has 1 aromatic heterocycles. The smallest absolute Gasteiger partial charge is 0.367 e. The molecule has 1 heterocycles. The van der Waals surface area contributed by atoms with Crippen LogP contribution in [0.3, 0.4) is 0 Å². The van der Waals surface area contributed by atoms with Gasteiger partial charge in [0.1, 0.15) is 5.75 Å². The zero-order chi connectivity index (χ0) is 18.6. The van der Waals surface area contributed by atoms with Crippen LogP contribution in [0.5, 0.6) is 5.75 Å². The maximum atomic E-state index is 11.8. The second-order valence-electron chi connectivity index (χ2n) is 4.82.